The third-order valence-corrected chi connectivity index (χ3v) is 3.07. The van der Waals surface area contributed by atoms with Gasteiger partial charge in [0.25, 0.3) is 5.56 Å². The molecule has 1 N–H and O–H groups in total. The molecule has 2 rings (SSSR count). The van der Waals surface area contributed by atoms with Crippen LogP contribution in [0.4, 0.5) is 11.5 Å². The van der Waals surface area contributed by atoms with Gasteiger partial charge in [-0.25, -0.2) is 4.98 Å². The van der Waals surface area contributed by atoms with Crippen LogP contribution in [-0.4, -0.2) is 9.55 Å². The summed E-state index contributed by atoms with van der Waals surface area (Å²) in [6.45, 7) is 6.98. The summed E-state index contributed by atoms with van der Waals surface area (Å²) in [4.78, 5) is 16.5. The van der Waals surface area contributed by atoms with E-state index in [2.05, 4.69) is 37.1 Å². The molecular formula is C16H21N3O. The molecule has 0 saturated heterocycles. The molecule has 1 aromatic carbocycles. The highest BCUT2D eigenvalue weighted by Crippen LogP contribution is 2.14. The van der Waals surface area contributed by atoms with Gasteiger partial charge in [0, 0.05) is 24.6 Å². The quantitative estimate of drug-likeness (QED) is 0.908. The van der Waals surface area contributed by atoms with Gasteiger partial charge in [-0.05, 0) is 30.0 Å². The Bertz CT molecular complexity index is 632. The van der Waals surface area contributed by atoms with Crippen LogP contribution in [0.2, 0.25) is 0 Å². The molecule has 0 unspecified atom stereocenters. The summed E-state index contributed by atoms with van der Waals surface area (Å²) in [6, 6.07) is 8.04. The van der Waals surface area contributed by atoms with Crippen molar-refractivity contribution in [2.75, 3.05) is 5.32 Å². The first-order valence-corrected chi connectivity index (χ1v) is 7.01. The lowest BCUT2D eigenvalue weighted by molar-refractivity contribution is 0.510. The maximum atomic E-state index is 12.3. The summed E-state index contributed by atoms with van der Waals surface area (Å²) in [6.07, 6.45) is 4.36. The molecular weight excluding hydrogens is 250 g/mol. The van der Waals surface area contributed by atoms with Crippen LogP contribution in [0.5, 0.6) is 0 Å². The fraction of sp³-hybridized carbons (Fsp3) is 0.375. The number of aromatic nitrogens is 2. The van der Waals surface area contributed by atoms with Crippen LogP contribution in [0.25, 0.3) is 0 Å². The van der Waals surface area contributed by atoms with Crippen LogP contribution < -0.4 is 10.9 Å². The highest BCUT2D eigenvalue weighted by Gasteiger charge is 2.06. The van der Waals surface area contributed by atoms with Crippen molar-refractivity contribution in [2.24, 2.45) is 5.92 Å². The van der Waals surface area contributed by atoms with Crippen LogP contribution in [0.3, 0.4) is 0 Å². The topological polar surface area (TPSA) is 46.9 Å². The van der Waals surface area contributed by atoms with Gasteiger partial charge in [0.15, 0.2) is 5.82 Å². The summed E-state index contributed by atoms with van der Waals surface area (Å²) in [7, 11) is 0. The molecule has 0 spiro atoms. The van der Waals surface area contributed by atoms with E-state index >= 15 is 0 Å². The van der Waals surface area contributed by atoms with Gasteiger partial charge >= 0.3 is 0 Å². The third kappa shape index (κ3) is 3.47. The molecule has 0 saturated carbocycles. The lowest BCUT2D eigenvalue weighted by atomic mass is 10.1. The van der Waals surface area contributed by atoms with E-state index in [-0.39, 0.29) is 5.56 Å². The van der Waals surface area contributed by atoms with Crippen molar-refractivity contribution in [1.29, 1.82) is 0 Å². The summed E-state index contributed by atoms with van der Waals surface area (Å²) in [5, 5.41) is 3.12. The zero-order valence-corrected chi connectivity index (χ0v) is 12.3. The Morgan fingerprint density at radius 1 is 1.35 bits per heavy atom. The van der Waals surface area contributed by atoms with Crippen molar-refractivity contribution in [2.45, 2.75) is 33.7 Å². The molecule has 0 atom stereocenters. The number of nitrogens with one attached hydrogen (secondary N) is 1. The van der Waals surface area contributed by atoms with E-state index in [4.69, 9.17) is 0 Å². The largest absolute Gasteiger partial charge is 0.336 e. The highest BCUT2D eigenvalue weighted by molar-refractivity contribution is 5.56. The molecule has 0 aliphatic rings. The number of nitrogens with zero attached hydrogens (tertiary/aromatic N) is 2. The van der Waals surface area contributed by atoms with E-state index in [1.807, 2.05) is 18.2 Å². The molecule has 0 aliphatic heterocycles. The van der Waals surface area contributed by atoms with Gasteiger partial charge in [-0.1, -0.05) is 32.9 Å². The molecule has 2 aromatic rings. The van der Waals surface area contributed by atoms with E-state index < -0.39 is 0 Å². The minimum absolute atomic E-state index is 0.0805. The number of anilines is 2. The Morgan fingerprint density at radius 2 is 2.15 bits per heavy atom. The molecule has 0 radical (unpaired) electrons. The van der Waals surface area contributed by atoms with Crippen molar-refractivity contribution in [3.63, 3.8) is 0 Å². The van der Waals surface area contributed by atoms with E-state index in [1.54, 1.807) is 17.0 Å². The molecule has 0 bridgehead atoms. The van der Waals surface area contributed by atoms with Crippen LogP contribution in [0, 0.1) is 5.92 Å². The average molecular weight is 271 g/mol. The van der Waals surface area contributed by atoms with Gasteiger partial charge in [-0.2, -0.15) is 0 Å². The standard InChI is InChI=1S/C16H21N3O/c1-4-13-6-5-7-14(10-13)18-15-16(20)19(9-8-17-15)11-12(2)3/h5-10,12H,4,11H2,1-3H3,(H,17,18). The van der Waals surface area contributed by atoms with Crippen molar-refractivity contribution in [3.8, 4) is 0 Å². The van der Waals surface area contributed by atoms with E-state index in [1.165, 1.54) is 5.56 Å². The molecule has 4 heteroatoms. The minimum Gasteiger partial charge on any atom is -0.336 e. The Labute approximate surface area is 119 Å². The van der Waals surface area contributed by atoms with E-state index in [0.29, 0.717) is 18.3 Å². The fourth-order valence-corrected chi connectivity index (χ4v) is 2.08. The third-order valence-electron chi connectivity index (χ3n) is 3.07. The van der Waals surface area contributed by atoms with Crippen LogP contribution in [-0.2, 0) is 13.0 Å². The smallest absolute Gasteiger partial charge is 0.293 e. The molecule has 1 aromatic heterocycles. The first-order valence-electron chi connectivity index (χ1n) is 7.01. The Hall–Kier alpha value is -2.10. The number of hydrogen-bond acceptors (Lipinski definition) is 3. The second-order valence-electron chi connectivity index (χ2n) is 5.31. The summed E-state index contributed by atoms with van der Waals surface area (Å²) in [5.74, 6) is 0.799. The summed E-state index contributed by atoms with van der Waals surface area (Å²) < 4.78 is 1.70. The maximum absolute atomic E-state index is 12.3. The highest BCUT2D eigenvalue weighted by atomic mass is 16.1. The molecule has 0 aliphatic carbocycles. The van der Waals surface area contributed by atoms with Gasteiger partial charge in [0.05, 0.1) is 0 Å². The van der Waals surface area contributed by atoms with E-state index in [0.717, 1.165) is 12.1 Å². The summed E-state index contributed by atoms with van der Waals surface area (Å²) >= 11 is 0. The predicted octanol–water partition coefficient (Wildman–Crippen LogP) is 3.21. The first kappa shape index (κ1) is 14.3. The molecule has 106 valence electrons. The number of benzene rings is 1. The number of aryl methyl sites for hydroxylation is 1. The van der Waals surface area contributed by atoms with E-state index in [9.17, 15) is 4.79 Å². The summed E-state index contributed by atoms with van der Waals surface area (Å²) in [5.41, 5.74) is 2.05. The van der Waals surface area contributed by atoms with Gasteiger partial charge < -0.3 is 9.88 Å². The van der Waals surface area contributed by atoms with Crippen LogP contribution in [0.15, 0.2) is 41.5 Å². The Balaban J connectivity index is 2.27. The van der Waals surface area contributed by atoms with Crippen molar-refractivity contribution >= 4 is 11.5 Å². The number of rotatable bonds is 5. The second-order valence-corrected chi connectivity index (χ2v) is 5.31. The lowest BCUT2D eigenvalue weighted by Gasteiger charge is -2.11. The normalized spacial score (nSPS) is 10.8. The van der Waals surface area contributed by atoms with Crippen molar-refractivity contribution in [3.05, 3.63) is 52.6 Å². The number of hydrogen-bond donors (Lipinski definition) is 1. The minimum atomic E-state index is -0.0805. The van der Waals surface area contributed by atoms with Crippen LogP contribution in [0.1, 0.15) is 26.3 Å². The molecule has 0 amide bonds. The van der Waals surface area contributed by atoms with Crippen molar-refractivity contribution < 1.29 is 0 Å². The molecule has 4 nitrogen and oxygen atoms in total. The molecule has 20 heavy (non-hydrogen) atoms. The van der Waals surface area contributed by atoms with Crippen molar-refractivity contribution in [1.82, 2.24) is 9.55 Å². The Kier molecular flexibility index (Phi) is 4.56. The maximum Gasteiger partial charge on any atom is 0.293 e. The van der Waals surface area contributed by atoms with Gasteiger partial charge in [-0.3, -0.25) is 4.79 Å². The van der Waals surface area contributed by atoms with Gasteiger partial charge in [0.2, 0.25) is 0 Å². The lowest BCUT2D eigenvalue weighted by Crippen LogP contribution is -2.25. The monoisotopic (exact) mass is 271 g/mol. The van der Waals surface area contributed by atoms with Gasteiger partial charge in [0.1, 0.15) is 0 Å². The Morgan fingerprint density at radius 3 is 2.85 bits per heavy atom. The van der Waals surface area contributed by atoms with Gasteiger partial charge in [-0.15, -0.1) is 0 Å². The SMILES string of the molecule is CCc1cccc(Nc2nccn(CC(C)C)c2=O)c1. The predicted molar refractivity (Wildman–Crippen MR) is 82.4 cm³/mol. The molecule has 0 fully saturated rings. The fourth-order valence-electron chi connectivity index (χ4n) is 2.08. The zero-order chi connectivity index (χ0) is 14.5. The van der Waals surface area contributed by atoms with Crippen LogP contribution >= 0.6 is 0 Å². The zero-order valence-electron chi connectivity index (χ0n) is 12.3. The average Bonchev–Trinajstić information content (AvgIpc) is 2.43. The molecule has 1 heterocycles. The second kappa shape index (κ2) is 6.37. The first-order chi connectivity index (χ1) is 9.60.